The molecule has 0 saturated carbocycles. The number of hydrogen-bond donors (Lipinski definition) is 2. The molecule has 0 aliphatic heterocycles. The summed E-state index contributed by atoms with van der Waals surface area (Å²) in [5.74, 6) is -0.288. The number of amides is 2. The van der Waals surface area contributed by atoms with Crippen LogP contribution in [0.1, 0.15) is 18.1 Å². The summed E-state index contributed by atoms with van der Waals surface area (Å²) in [7, 11) is 1.76. The molecule has 0 bridgehead atoms. The molecule has 2 aromatic carbocycles. The topological polar surface area (TPSA) is 61.4 Å². The van der Waals surface area contributed by atoms with E-state index in [0.29, 0.717) is 0 Å². The van der Waals surface area contributed by atoms with Crippen molar-refractivity contribution in [2.24, 2.45) is 0 Å². The van der Waals surface area contributed by atoms with Crippen LogP contribution >= 0.6 is 0 Å². The van der Waals surface area contributed by atoms with Crippen LogP contribution in [-0.2, 0) is 9.59 Å². The van der Waals surface area contributed by atoms with Crippen molar-refractivity contribution in [3.05, 3.63) is 59.7 Å². The molecule has 0 aliphatic rings. The van der Waals surface area contributed by atoms with Crippen molar-refractivity contribution in [1.29, 1.82) is 0 Å². The Morgan fingerprint density at radius 3 is 2.40 bits per heavy atom. The number of para-hydroxylation sites is 1. The Morgan fingerprint density at radius 1 is 1.04 bits per heavy atom. The first-order valence-corrected chi connectivity index (χ1v) is 8.30. The smallest absolute Gasteiger partial charge is 0.241 e. The third-order valence-corrected chi connectivity index (χ3v) is 4.14. The molecular formula is C20H25N3O2. The summed E-state index contributed by atoms with van der Waals surface area (Å²) < 4.78 is 0. The number of carbonyl (C=O) groups is 2. The van der Waals surface area contributed by atoms with Crippen molar-refractivity contribution in [1.82, 2.24) is 4.90 Å². The molecule has 2 N–H and O–H groups in total. The molecule has 0 radical (unpaired) electrons. The van der Waals surface area contributed by atoms with Crippen LogP contribution in [-0.4, -0.2) is 36.3 Å². The Labute approximate surface area is 149 Å². The molecule has 0 fully saturated rings. The molecule has 0 heterocycles. The highest BCUT2D eigenvalue weighted by Crippen LogP contribution is 2.16. The zero-order valence-corrected chi connectivity index (χ0v) is 15.2. The van der Waals surface area contributed by atoms with Crippen molar-refractivity contribution < 1.29 is 9.59 Å². The molecule has 2 amide bonds. The van der Waals surface area contributed by atoms with Gasteiger partial charge in [0.2, 0.25) is 11.8 Å². The van der Waals surface area contributed by atoms with Crippen LogP contribution in [0.3, 0.4) is 0 Å². The predicted molar refractivity (Wildman–Crippen MR) is 102 cm³/mol. The zero-order chi connectivity index (χ0) is 18.4. The van der Waals surface area contributed by atoms with Crippen LogP contribution in [0.5, 0.6) is 0 Å². The molecule has 0 saturated heterocycles. The van der Waals surface area contributed by atoms with Crippen LogP contribution in [0, 0.1) is 13.8 Å². The van der Waals surface area contributed by atoms with E-state index >= 15 is 0 Å². The molecule has 1 atom stereocenters. The summed E-state index contributed by atoms with van der Waals surface area (Å²) in [6.45, 7) is 5.85. The van der Waals surface area contributed by atoms with E-state index in [1.54, 1.807) is 18.9 Å². The highest BCUT2D eigenvalue weighted by molar-refractivity contribution is 5.96. The van der Waals surface area contributed by atoms with Gasteiger partial charge in [-0.05, 0) is 57.1 Å². The molecule has 0 unspecified atom stereocenters. The fourth-order valence-electron chi connectivity index (χ4n) is 2.39. The van der Waals surface area contributed by atoms with Crippen molar-refractivity contribution >= 4 is 23.2 Å². The first-order valence-electron chi connectivity index (χ1n) is 8.30. The summed E-state index contributed by atoms with van der Waals surface area (Å²) in [5, 5.41) is 5.76. The van der Waals surface area contributed by atoms with E-state index in [-0.39, 0.29) is 18.4 Å². The third-order valence-electron chi connectivity index (χ3n) is 4.14. The minimum absolute atomic E-state index is 0.136. The molecular weight excluding hydrogens is 314 g/mol. The van der Waals surface area contributed by atoms with Crippen molar-refractivity contribution in [3.63, 3.8) is 0 Å². The number of likely N-dealkylation sites (N-methyl/N-ethyl adjacent to an activating group) is 1. The fraction of sp³-hybridized carbons (Fsp3) is 0.300. The molecule has 5 heteroatoms. The highest BCUT2D eigenvalue weighted by Gasteiger charge is 2.20. The Morgan fingerprint density at radius 2 is 1.72 bits per heavy atom. The second kappa shape index (κ2) is 8.44. The lowest BCUT2D eigenvalue weighted by atomic mass is 10.1. The summed E-state index contributed by atoms with van der Waals surface area (Å²) in [5.41, 5.74) is 3.65. The van der Waals surface area contributed by atoms with Crippen LogP contribution in [0.15, 0.2) is 48.5 Å². The largest absolute Gasteiger partial charge is 0.325 e. The highest BCUT2D eigenvalue weighted by atomic mass is 16.2. The van der Waals surface area contributed by atoms with Gasteiger partial charge in [0.1, 0.15) is 0 Å². The summed E-state index contributed by atoms with van der Waals surface area (Å²) in [6.07, 6.45) is 0. The van der Waals surface area contributed by atoms with Gasteiger partial charge in [-0.1, -0.05) is 30.3 Å². The molecule has 132 valence electrons. The van der Waals surface area contributed by atoms with Crippen molar-refractivity contribution in [2.45, 2.75) is 26.8 Å². The van der Waals surface area contributed by atoms with E-state index in [0.717, 1.165) is 22.5 Å². The van der Waals surface area contributed by atoms with Crippen molar-refractivity contribution in [3.8, 4) is 0 Å². The molecule has 0 aliphatic carbocycles. The van der Waals surface area contributed by atoms with Gasteiger partial charge >= 0.3 is 0 Å². The summed E-state index contributed by atoms with van der Waals surface area (Å²) in [4.78, 5) is 26.3. The third kappa shape index (κ3) is 5.43. The minimum atomic E-state index is -0.426. The average Bonchev–Trinajstić information content (AvgIpc) is 2.58. The van der Waals surface area contributed by atoms with E-state index in [4.69, 9.17) is 0 Å². The number of nitrogens with zero attached hydrogens (tertiary/aromatic N) is 1. The number of benzene rings is 2. The first-order chi connectivity index (χ1) is 11.9. The molecule has 2 aromatic rings. The quantitative estimate of drug-likeness (QED) is 0.849. The molecule has 25 heavy (non-hydrogen) atoms. The van der Waals surface area contributed by atoms with Crippen LogP contribution in [0.25, 0.3) is 0 Å². The van der Waals surface area contributed by atoms with Gasteiger partial charge in [0.25, 0.3) is 0 Å². The Kier molecular flexibility index (Phi) is 6.31. The second-order valence-corrected chi connectivity index (χ2v) is 6.31. The standard InChI is InChI=1S/C20H25N3O2/c1-14-10-11-15(2)18(12-14)22-19(24)13-23(4)16(3)20(25)21-17-8-6-5-7-9-17/h5-12,16H,13H2,1-4H3,(H,21,25)(H,22,24)/t16-/m0/s1. The number of aryl methyl sites for hydroxylation is 2. The summed E-state index contributed by atoms with van der Waals surface area (Å²) in [6, 6.07) is 14.8. The van der Waals surface area contributed by atoms with Crippen LogP contribution < -0.4 is 10.6 Å². The Balaban J connectivity index is 1.91. The van der Waals surface area contributed by atoms with Crippen LogP contribution in [0.2, 0.25) is 0 Å². The lowest BCUT2D eigenvalue weighted by Crippen LogP contribution is -2.43. The first kappa shape index (κ1) is 18.7. The molecule has 0 spiro atoms. The number of hydrogen-bond acceptors (Lipinski definition) is 3. The number of nitrogens with one attached hydrogen (secondary N) is 2. The molecule has 5 nitrogen and oxygen atoms in total. The Bertz CT molecular complexity index is 744. The maximum absolute atomic E-state index is 12.3. The predicted octanol–water partition coefficient (Wildman–Crippen LogP) is 3.20. The van der Waals surface area contributed by atoms with Gasteiger partial charge in [-0.15, -0.1) is 0 Å². The van der Waals surface area contributed by atoms with Gasteiger partial charge in [-0.2, -0.15) is 0 Å². The minimum Gasteiger partial charge on any atom is -0.325 e. The normalized spacial score (nSPS) is 11.9. The number of rotatable bonds is 6. The lowest BCUT2D eigenvalue weighted by molar-refractivity contribution is -0.122. The summed E-state index contributed by atoms with van der Waals surface area (Å²) >= 11 is 0. The number of carbonyl (C=O) groups excluding carboxylic acids is 2. The number of anilines is 2. The fourth-order valence-corrected chi connectivity index (χ4v) is 2.39. The van der Waals surface area contributed by atoms with Gasteiger partial charge in [-0.3, -0.25) is 14.5 Å². The maximum atomic E-state index is 12.3. The maximum Gasteiger partial charge on any atom is 0.241 e. The van der Waals surface area contributed by atoms with E-state index < -0.39 is 6.04 Å². The van der Waals surface area contributed by atoms with Gasteiger partial charge < -0.3 is 10.6 Å². The van der Waals surface area contributed by atoms with E-state index in [1.165, 1.54) is 0 Å². The van der Waals surface area contributed by atoms with E-state index in [2.05, 4.69) is 10.6 Å². The monoisotopic (exact) mass is 339 g/mol. The second-order valence-electron chi connectivity index (χ2n) is 6.31. The SMILES string of the molecule is Cc1ccc(C)c(NC(=O)CN(C)[C@@H](C)C(=O)Nc2ccccc2)c1. The van der Waals surface area contributed by atoms with Gasteiger partial charge in [0, 0.05) is 11.4 Å². The van der Waals surface area contributed by atoms with Gasteiger partial charge in [0.15, 0.2) is 0 Å². The van der Waals surface area contributed by atoms with Gasteiger partial charge in [0.05, 0.1) is 12.6 Å². The lowest BCUT2D eigenvalue weighted by Gasteiger charge is -2.23. The Hall–Kier alpha value is -2.66. The molecule has 2 rings (SSSR count). The zero-order valence-electron chi connectivity index (χ0n) is 15.2. The average molecular weight is 339 g/mol. The van der Waals surface area contributed by atoms with E-state index in [9.17, 15) is 9.59 Å². The molecule has 0 aromatic heterocycles. The van der Waals surface area contributed by atoms with Gasteiger partial charge in [-0.25, -0.2) is 0 Å². The van der Waals surface area contributed by atoms with E-state index in [1.807, 2.05) is 62.4 Å². The van der Waals surface area contributed by atoms with Crippen molar-refractivity contribution in [2.75, 3.05) is 24.2 Å². The van der Waals surface area contributed by atoms with Crippen LogP contribution in [0.4, 0.5) is 11.4 Å².